The lowest BCUT2D eigenvalue weighted by atomic mass is 10.0. The number of methoxy groups -OCH3 is 1. The Hall–Kier alpha value is -0.980. The number of ether oxygens (including phenoxy) is 1. The van der Waals surface area contributed by atoms with Crippen LogP contribution in [0.4, 0.5) is 0 Å². The van der Waals surface area contributed by atoms with Crippen molar-refractivity contribution in [3.63, 3.8) is 0 Å². The van der Waals surface area contributed by atoms with E-state index < -0.39 is 0 Å². The molecule has 2 N–H and O–H groups in total. The normalized spacial score (nSPS) is 15.6. The van der Waals surface area contributed by atoms with E-state index in [1.165, 1.54) is 31.2 Å². The highest BCUT2D eigenvalue weighted by Crippen LogP contribution is 2.33. The summed E-state index contributed by atoms with van der Waals surface area (Å²) in [5, 5.41) is 6.85. The molecule has 1 atom stereocenters. The molecule has 0 saturated heterocycles. The first-order valence-corrected chi connectivity index (χ1v) is 8.25. The molecule has 1 saturated carbocycles. The molecule has 1 aromatic rings. The maximum absolute atomic E-state index is 5.47. The monoisotopic (exact) mass is 431 g/mol. The van der Waals surface area contributed by atoms with Crippen LogP contribution in [-0.4, -0.2) is 26.7 Å². The van der Waals surface area contributed by atoms with E-state index in [1.807, 2.05) is 13.1 Å². The van der Waals surface area contributed by atoms with Gasteiger partial charge in [0, 0.05) is 19.2 Å². The van der Waals surface area contributed by atoms with Crippen LogP contribution in [0.2, 0.25) is 0 Å². The molecule has 0 aromatic heterocycles. The minimum Gasteiger partial charge on any atom is -0.496 e. The van der Waals surface area contributed by atoms with Gasteiger partial charge in [-0.25, -0.2) is 0 Å². The van der Waals surface area contributed by atoms with Crippen molar-refractivity contribution in [3.05, 3.63) is 29.3 Å². The van der Waals surface area contributed by atoms with Crippen molar-refractivity contribution in [3.8, 4) is 5.75 Å². The van der Waals surface area contributed by atoms with Crippen LogP contribution >= 0.6 is 24.0 Å². The van der Waals surface area contributed by atoms with Crippen LogP contribution in [0.15, 0.2) is 23.2 Å². The van der Waals surface area contributed by atoms with Gasteiger partial charge in [-0.1, -0.05) is 30.5 Å². The zero-order valence-electron chi connectivity index (χ0n) is 14.7. The number of aliphatic imine (C=N–C) groups is 1. The number of hydrogen-bond donors (Lipinski definition) is 2. The molecule has 0 bridgehead atoms. The second-order valence-corrected chi connectivity index (χ2v) is 6.20. The smallest absolute Gasteiger partial charge is 0.191 e. The summed E-state index contributed by atoms with van der Waals surface area (Å²) in [6, 6.07) is 6.40. The molecule has 0 aliphatic heterocycles. The Kier molecular flexibility index (Phi) is 8.73. The highest BCUT2D eigenvalue weighted by atomic mass is 127. The quantitative estimate of drug-likeness (QED) is 0.297. The van der Waals surface area contributed by atoms with E-state index in [4.69, 9.17) is 4.74 Å². The fourth-order valence-electron chi connectivity index (χ4n) is 2.67. The summed E-state index contributed by atoms with van der Waals surface area (Å²) < 4.78 is 5.47. The summed E-state index contributed by atoms with van der Waals surface area (Å²) in [4.78, 5) is 4.32. The van der Waals surface area contributed by atoms with Gasteiger partial charge in [-0.05, 0) is 38.7 Å². The van der Waals surface area contributed by atoms with Crippen molar-refractivity contribution in [1.29, 1.82) is 0 Å². The molecule has 4 nitrogen and oxygen atoms in total. The van der Waals surface area contributed by atoms with Gasteiger partial charge in [-0.2, -0.15) is 0 Å². The Bertz CT molecular complexity index is 515. The lowest BCUT2D eigenvalue weighted by molar-refractivity contribution is 0.405. The van der Waals surface area contributed by atoms with E-state index in [2.05, 4.69) is 41.6 Å². The fourth-order valence-corrected chi connectivity index (χ4v) is 2.67. The molecule has 1 aliphatic carbocycles. The molecule has 0 spiro atoms. The van der Waals surface area contributed by atoms with Gasteiger partial charge in [0.1, 0.15) is 5.75 Å². The number of nitrogens with one attached hydrogen (secondary N) is 2. The highest BCUT2D eigenvalue weighted by molar-refractivity contribution is 14.0. The summed E-state index contributed by atoms with van der Waals surface area (Å²) in [7, 11) is 3.53. The number of guanidine groups is 1. The summed E-state index contributed by atoms with van der Waals surface area (Å²) in [6.07, 6.45) is 5.41. The van der Waals surface area contributed by atoms with E-state index in [0.29, 0.717) is 0 Å². The SMILES string of the molecule is CN=C(NCCCC1CC1)NC(C)c1cc(C)ccc1OC.I. The number of benzene rings is 1. The van der Waals surface area contributed by atoms with Crippen LogP contribution in [-0.2, 0) is 0 Å². The number of hydrogen-bond acceptors (Lipinski definition) is 2. The first-order chi connectivity index (χ1) is 10.6. The molecule has 0 heterocycles. The van der Waals surface area contributed by atoms with Crippen LogP contribution in [0.25, 0.3) is 0 Å². The summed E-state index contributed by atoms with van der Waals surface area (Å²) in [6.45, 7) is 5.21. The zero-order valence-corrected chi connectivity index (χ0v) is 17.0. The third-order valence-corrected chi connectivity index (χ3v) is 4.21. The standard InChI is InChI=1S/C18H29N3O.HI/c1-13-7-10-17(22-4)16(12-13)14(2)21-18(19-3)20-11-5-6-15-8-9-15;/h7,10,12,14-15H,5-6,8-9,11H2,1-4H3,(H2,19,20,21);1H. The molecule has 130 valence electrons. The van der Waals surface area contributed by atoms with E-state index in [0.717, 1.165) is 29.7 Å². The average Bonchev–Trinajstić information content (AvgIpc) is 3.34. The minimum absolute atomic E-state index is 0. The first-order valence-electron chi connectivity index (χ1n) is 8.25. The van der Waals surface area contributed by atoms with E-state index >= 15 is 0 Å². The van der Waals surface area contributed by atoms with Gasteiger partial charge in [-0.15, -0.1) is 24.0 Å². The molecule has 1 unspecified atom stereocenters. The molecule has 0 radical (unpaired) electrons. The molecule has 23 heavy (non-hydrogen) atoms. The van der Waals surface area contributed by atoms with Gasteiger partial charge in [0.05, 0.1) is 13.2 Å². The Morgan fingerprint density at radius 1 is 1.39 bits per heavy atom. The number of nitrogens with zero attached hydrogens (tertiary/aromatic N) is 1. The summed E-state index contributed by atoms with van der Waals surface area (Å²) in [5.74, 6) is 2.76. The Balaban J connectivity index is 0.00000264. The topological polar surface area (TPSA) is 45.7 Å². The number of aryl methyl sites for hydroxylation is 1. The van der Waals surface area contributed by atoms with Gasteiger partial charge in [0.15, 0.2) is 5.96 Å². The second-order valence-electron chi connectivity index (χ2n) is 6.20. The molecule has 1 aromatic carbocycles. The van der Waals surface area contributed by atoms with Crippen LogP contribution in [0.3, 0.4) is 0 Å². The van der Waals surface area contributed by atoms with Crippen molar-refractivity contribution in [2.75, 3.05) is 20.7 Å². The van der Waals surface area contributed by atoms with Crippen molar-refractivity contribution in [1.82, 2.24) is 10.6 Å². The predicted molar refractivity (Wildman–Crippen MR) is 108 cm³/mol. The average molecular weight is 431 g/mol. The highest BCUT2D eigenvalue weighted by Gasteiger charge is 2.20. The maximum Gasteiger partial charge on any atom is 0.191 e. The van der Waals surface area contributed by atoms with Gasteiger partial charge < -0.3 is 15.4 Å². The largest absolute Gasteiger partial charge is 0.496 e. The maximum atomic E-state index is 5.47. The van der Waals surface area contributed by atoms with Crippen molar-refractivity contribution >= 4 is 29.9 Å². The van der Waals surface area contributed by atoms with E-state index in [-0.39, 0.29) is 30.0 Å². The first kappa shape index (κ1) is 20.1. The summed E-state index contributed by atoms with van der Waals surface area (Å²) in [5.41, 5.74) is 2.39. The second kappa shape index (κ2) is 10.0. The van der Waals surface area contributed by atoms with Crippen molar-refractivity contribution in [2.45, 2.75) is 45.6 Å². The van der Waals surface area contributed by atoms with Crippen molar-refractivity contribution in [2.24, 2.45) is 10.9 Å². The van der Waals surface area contributed by atoms with Crippen molar-refractivity contribution < 1.29 is 4.74 Å². The lowest BCUT2D eigenvalue weighted by Gasteiger charge is -2.20. The van der Waals surface area contributed by atoms with Crippen LogP contribution in [0.1, 0.15) is 49.8 Å². The van der Waals surface area contributed by atoms with Crippen LogP contribution in [0, 0.1) is 12.8 Å². The predicted octanol–water partition coefficient (Wildman–Crippen LogP) is 4.04. The lowest BCUT2D eigenvalue weighted by Crippen LogP contribution is -2.39. The third kappa shape index (κ3) is 6.57. The van der Waals surface area contributed by atoms with Crippen LogP contribution < -0.4 is 15.4 Å². The molecule has 1 aliphatic rings. The van der Waals surface area contributed by atoms with Gasteiger partial charge in [-0.3, -0.25) is 4.99 Å². The third-order valence-electron chi connectivity index (χ3n) is 4.21. The Morgan fingerprint density at radius 3 is 2.74 bits per heavy atom. The van der Waals surface area contributed by atoms with E-state index in [9.17, 15) is 0 Å². The fraction of sp³-hybridized carbons (Fsp3) is 0.611. The number of halogens is 1. The molecule has 1 fully saturated rings. The van der Waals surface area contributed by atoms with Gasteiger partial charge >= 0.3 is 0 Å². The molecular weight excluding hydrogens is 401 g/mol. The Morgan fingerprint density at radius 2 is 2.13 bits per heavy atom. The van der Waals surface area contributed by atoms with Gasteiger partial charge in [0.2, 0.25) is 0 Å². The number of rotatable bonds is 7. The Labute approximate surface area is 157 Å². The molecule has 0 amide bonds. The summed E-state index contributed by atoms with van der Waals surface area (Å²) >= 11 is 0. The van der Waals surface area contributed by atoms with Gasteiger partial charge in [0.25, 0.3) is 0 Å². The van der Waals surface area contributed by atoms with Crippen LogP contribution in [0.5, 0.6) is 5.75 Å². The van der Waals surface area contributed by atoms with E-state index in [1.54, 1.807) is 7.11 Å². The molecule has 5 heteroatoms. The molecule has 2 rings (SSSR count). The molecular formula is C18H30IN3O. The zero-order chi connectivity index (χ0) is 15.9. The minimum atomic E-state index is 0.